The van der Waals surface area contributed by atoms with Crippen molar-refractivity contribution in [1.82, 2.24) is 15.1 Å². The van der Waals surface area contributed by atoms with Crippen molar-refractivity contribution in [3.63, 3.8) is 0 Å². The summed E-state index contributed by atoms with van der Waals surface area (Å²) in [6, 6.07) is 2.15. The average molecular weight is 237 g/mol. The second-order valence-electron chi connectivity index (χ2n) is 4.51. The van der Waals surface area contributed by atoms with Crippen LogP contribution in [0.1, 0.15) is 31.4 Å². The second-order valence-corrected chi connectivity index (χ2v) is 4.51. The fourth-order valence-electron chi connectivity index (χ4n) is 2.44. The third kappa shape index (κ3) is 3.06. The van der Waals surface area contributed by atoms with Gasteiger partial charge in [0.1, 0.15) is 0 Å². The van der Waals surface area contributed by atoms with Gasteiger partial charge in [0.2, 0.25) is 5.91 Å². The standard InChI is InChI=1S/C12H19N3O2/c16-8-2-4-11-3-1-7-15(11)12(17)9-10-5-6-13-14-10/h5-6,11,16H,1-4,7-9H2,(H,13,14). The lowest BCUT2D eigenvalue weighted by atomic mass is 10.1. The summed E-state index contributed by atoms with van der Waals surface area (Å²) in [7, 11) is 0. The molecule has 17 heavy (non-hydrogen) atoms. The molecular weight excluding hydrogens is 218 g/mol. The molecule has 1 atom stereocenters. The van der Waals surface area contributed by atoms with Gasteiger partial charge in [-0.05, 0) is 31.7 Å². The summed E-state index contributed by atoms with van der Waals surface area (Å²) in [5.41, 5.74) is 0.864. The number of carbonyl (C=O) groups excluding carboxylic acids is 1. The minimum atomic E-state index is 0.162. The Balaban J connectivity index is 1.89. The van der Waals surface area contributed by atoms with Crippen LogP contribution in [-0.4, -0.2) is 45.3 Å². The lowest BCUT2D eigenvalue weighted by Gasteiger charge is -2.24. The summed E-state index contributed by atoms with van der Waals surface area (Å²) in [4.78, 5) is 14.1. The predicted octanol–water partition coefficient (Wildman–Crippen LogP) is 0.716. The van der Waals surface area contributed by atoms with Crippen molar-refractivity contribution in [2.24, 2.45) is 0 Å². The predicted molar refractivity (Wildman–Crippen MR) is 63.3 cm³/mol. The van der Waals surface area contributed by atoms with Gasteiger partial charge in [0.15, 0.2) is 0 Å². The van der Waals surface area contributed by atoms with Crippen molar-refractivity contribution in [3.05, 3.63) is 18.0 Å². The van der Waals surface area contributed by atoms with E-state index in [1.165, 1.54) is 0 Å². The molecule has 0 spiro atoms. The van der Waals surface area contributed by atoms with E-state index in [4.69, 9.17) is 5.11 Å². The number of nitrogens with zero attached hydrogens (tertiary/aromatic N) is 2. The average Bonchev–Trinajstić information content (AvgIpc) is 2.96. The molecule has 5 heteroatoms. The quantitative estimate of drug-likeness (QED) is 0.792. The Labute approximate surface area is 101 Å². The number of H-pyrrole nitrogens is 1. The molecular formula is C12H19N3O2. The van der Waals surface area contributed by atoms with E-state index in [9.17, 15) is 4.79 Å². The number of aliphatic hydroxyl groups excluding tert-OH is 1. The molecule has 0 saturated carbocycles. The smallest absolute Gasteiger partial charge is 0.228 e. The molecule has 1 aromatic rings. The van der Waals surface area contributed by atoms with E-state index in [1.807, 2.05) is 11.0 Å². The first-order chi connectivity index (χ1) is 8.31. The highest BCUT2D eigenvalue weighted by Crippen LogP contribution is 2.22. The van der Waals surface area contributed by atoms with Crippen LogP contribution in [0.5, 0.6) is 0 Å². The van der Waals surface area contributed by atoms with Gasteiger partial charge in [-0.1, -0.05) is 0 Å². The van der Waals surface area contributed by atoms with Crippen molar-refractivity contribution in [3.8, 4) is 0 Å². The van der Waals surface area contributed by atoms with Gasteiger partial charge in [0.25, 0.3) is 0 Å². The highest BCUT2D eigenvalue weighted by atomic mass is 16.3. The molecule has 1 aliphatic rings. The fraction of sp³-hybridized carbons (Fsp3) is 0.667. The molecule has 2 heterocycles. The van der Waals surface area contributed by atoms with Gasteiger partial charge in [0.05, 0.1) is 6.42 Å². The van der Waals surface area contributed by atoms with Crippen LogP contribution in [0.15, 0.2) is 12.3 Å². The van der Waals surface area contributed by atoms with Gasteiger partial charge in [-0.2, -0.15) is 5.10 Å². The number of rotatable bonds is 5. The topological polar surface area (TPSA) is 69.2 Å². The summed E-state index contributed by atoms with van der Waals surface area (Å²) in [5, 5.41) is 15.5. The van der Waals surface area contributed by atoms with Gasteiger partial charge < -0.3 is 10.0 Å². The number of nitrogens with one attached hydrogen (secondary N) is 1. The Morgan fingerprint density at radius 2 is 2.53 bits per heavy atom. The molecule has 2 N–H and O–H groups in total. The monoisotopic (exact) mass is 237 g/mol. The zero-order chi connectivity index (χ0) is 12.1. The maximum Gasteiger partial charge on any atom is 0.228 e. The first-order valence-electron chi connectivity index (χ1n) is 6.20. The molecule has 0 radical (unpaired) electrons. The Hall–Kier alpha value is -1.36. The summed E-state index contributed by atoms with van der Waals surface area (Å²) in [6.45, 7) is 1.06. The molecule has 5 nitrogen and oxygen atoms in total. The molecule has 1 fully saturated rings. The van der Waals surface area contributed by atoms with Crippen LogP contribution in [0.2, 0.25) is 0 Å². The lowest BCUT2D eigenvalue weighted by Crippen LogP contribution is -2.36. The number of aromatic nitrogens is 2. The molecule has 0 aromatic carbocycles. The van der Waals surface area contributed by atoms with Crippen molar-refractivity contribution in [1.29, 1.82) is 0 Å². The number of amides is 1. The van der Waals surface area contributed by atoms with Gasteiger partial charge in [0, 0.05) is 31.1 Å². The summed E-state index contributed by atoms with van der Waals surface area (Å²) < 4.78 is 0. The molecule has 1 unspecified atom stereocenters. The van der Waals surface area contributed by atoms with E-state index in [2.05, 4.69) is 10.2 Å². The van der Waals surface area contributed by atoms with Gasteiger partial charge in [-0.25, -0.2) is 0 Å². The molecule has 1 aromatic heterocycles. The SMILES string of the molecule is O=C(Cc1ccn[nH]1)N1CCCC1CCCO. The summed E-state index contributed by atoms with van der Waals surface area (Å²) >= 11 is 0. The van der Waals surface area contributed by atoms with E-state index in [0.717, 1.165) is 37.9 Å². The molecule has 1 amide bonds. The molecule has 1 saturated heterocycles. The van der Waals surface area contributed by atoms with E-state index in [0.29, 0.717) is 12.5 Å². The van der Waals surface area contributed by atoms with E-state index in [-0.39, 0.29) is 12.5 Å². The number of hydrogen-bond donors (Lipinski definition) is 2. The maximum absolute atomic E-state index is 12.1. The van der Waals surface area contributed by atoms with Crippen molar-refractivity contribution < 1.29 is 9.90 Å². The van der Waals surface area contributed by atoms with Crippen LogP contribution in [0.4, 0.5) is 0 Å². The minimum absolute atomic E-state index is 0.162. The van der Waals surface area contributed by atoms with Crippen LogP contribution in [0.25, 0.3) is 0 Å². The number of likely N-dealkylation sites (tertiary alicyclic amines) is 1. The van der Waals surface area contributed by atoms with Gasteiger partial charge in [-0.3, -0.25) is 9.89 Å². The normalized spacial score (nSPS) is 19.8. The fourth-order valence-corrected chi connectivity index (χ4v) is 2.44. The number of hydrogen-bond acceptors (Lipinski definition) is 3. The second kappa shape index (κ2) is 5.82. The molecule has 0 aliphatic carbocycles. The minimum Gasteiger partial charge on any atom is -0.396 e. The van der Waals surface area contributed by atoms with Crippen LogP contribution in [0.3, 0.4) is 0 Å². The van der Waals surface area contributed by atoms with Gasteiger partial charge >= 0.3 is 0 Å². The van der Waals surface area contributed by atoms with E-state index >= 15 is 0 Å². The highest BCUT2D eigenvalue weighted by molar-refractivity contribution is 5.78. The van der Waals surface area contributed by atoms with Crippen LogP contribution in [-0.2, 0) is 11.2 Å². The molecule has 2 rings (SSSR count). The lowest BCUT2D eigenvalue weighted by molar-refractivity contribution is -0.131. The van der Waals surface area contributed by atoms with Crippen LogP contribution < -0.4 is 0 Å². The third-order valence-electron chi connectivity index (χ3n) is 3.29. The maximum atomic E-state index is 12.1. The Bertz CT molecular complexity index is 351. The van der Waals surface area contributed by atoms with Crippen LogP contribution >= 0.6 is 0 Å². The van der Waals surface area contributed by atoms with E-state index in [1.54, 1.807) is 6.20 Å². The van der Waals surface area contributed by atoms with Gasteiger partial charge in [-0.15, -0.1) is 0 Å². The summed E-state index contributed by atoms with van der Waals surface area (Å²) in [6.07, 6.45) is 5.88. The Morgan fingerprint density at radius 1 is 1.65 bits per heavy atom. The van der Waals surface area contributed by atoms with Crippen molar-refractivity contribution >= 4 is 5.91 Å². The highest BCUT2D eigenvalue weighted by Gasteiger charge is 2.28. The Morgan fingerprint density at radius 3 is 3.24 bits per heavy atom. The first-order valence-corrected chi connectivity index (χ1v) is 6.20. The van der Waals surface area contributed by atoms with E-state index < -0.39 is 0 Å². The summed E-state index contributed by atoms with van der Waals surface area (Å²) in [5.74, 6) is 0.162. The zero-order valence-corrected chi connectivity index (χ0v) is 9.93. The molecule has 0 bridgehead atoms. The third-order valence-corrected chi connectivity index (χ3v) is 3.29. The Kier molecular flexibility index (Phi) is 4.14. The van der Waals surface area contributed by atoms with Crippen LogP contribution in [0, 0.1) is 0 Å². The first kappa shape index (κ1) is 12.1. The molecule has 1 aliphatic heterocycles. The molecule has 94 valence electrons. The number of carbonyl (C=O) groups is 1. The largest absolute Gasteiger partial charge is 0.396 e. The number of aromatic amines is 1. The number of aliphatic hydroxyl groups is 1. The zero-order valence-electron chi connectivity index (χ0n) is 9.93. The van der Waals surface area contributed by atoms with Crippen molar-refractivity contribution in [2.75, 3.05) is 13.2 Å². The van der Waals surface area contributed by atoms with Crippen molar-refractivity contribution in [2.45, 2.75) is 38.1 Å².